The monoisotopic (exact) mass is 340 g/mol. The van der Waals surface area contributed by atoms with E-state index < -0.39 is 0 Å². The first-order valence-electron chi connectivity index (χ1n) is 9.13. The summed E-state index contributed by atoms with van der Waals surface area (Å²) in [4.78, 5) is 12.8. The number of thioether (sulfide) groups is 1. The van der Waals surface area contributed by atoms with Crippen molar-refractivity contribution in [3.05, 3.63) is 58.7 Å². The van der Waals surface area contributed by atoms with Crippen LogP contribution in [0.2, 0.25) is 0 Å². The maximum Gasteiger partial charge on any atom is 0.215 e. The van der Waals surface area contributed by atoms with Crippen molar-refractivity contribution >= 4 is 16.9 Å². The molecule has 0 N–H and O–H groups in total. The quantitative estimate of drug-likeness (QED) is 0.609. The number of allylic oxidation sites excluding steroid dienone is 8. The van der Waals surface area contributed by atoms with E-state index >= 15 is 0 Å². The van der Waals surface area contributed by atoms with Crippen LogP contribution in [0.3, 0.4) is 0 Å². The molecule has 0 bridgehead atoms. The normalized spacial score (nSPS) is 27.5. The Labute approximate surface area is 150 Å². The number of rotatable bonds is 4. The number of carbonyl (C=O) groups is 1. The van der Waals surface area contributed by atoms with Crippen molar-refractivity contribution in [2.45, 2.75) is 58.1 Å². The highest BCUT2D eigenvalue weighted by molar-refractivity contribution is 8.14. The Balaban J connectivity index is 1.78. The molecule has 0 spiro atoms. The summed E-state index contributed by atoms with van der Waals surface area (Å²) < 4.78 is 0. The van der Waals surface area contributed by atoms with E-state index in [1.807, 2.05) is 0 Å². The molecule has 0 heterocycles. The van der Waals surface area contributed by atoms with E-state index in [4.69, 9.17) is 0 Å². The Morgan fingerprint density at radius 1 is 1.29 bits per heavy atom. The third-order valence-corrected chi connectivity index (χ3v) is 6.70. The zero-order valence-corrected chi connectivity index (χ0v) is 15.9. The molecule has 3 aliphatic rings. The second-order valence-electron chi connectivity index (χ2n) is 7.53. The Bertz CT molecular complexity index is 668. The molecular weight excluding hydrogens is 312 g/mol. The molecule has 0 aromatic carbocycles. The van der Waals surface area contributed by atoms with Gasteiger partial charge in [-0.2, -0.15) is 0 Å². The van der Waals surface area contributed by atoms with Crippen molar-refractivity contribution in [2.75, 3.05) is 0 Å². The van der Waals surface area contributed by atoms with Crippen LogP contribution in [0.1, 0.15) is 52.9 Å². The minimum Gasteiger partial charge on any atom is -0.282 e. The molecule has 1 fully saturated rings. The summed E-state index contributed by atoms with van der Waals surface area (Å²) in [5.41, 5.74) is 5.96. The summed E-state index contributed by atoms with van der Waals surface area (Å²) in [5, 5.41) is 0.824. The first-order valence-corrected chi connectivity index (χ1v) is 10.0. The van der Waals surface area contributed by atoms with E-state index in [-0.39, 0.29) is 5.12 Å². The van der Waals surface area contributed by atoms with E-state index in [2.05, 4.69) is 51.7 Å². The third-order valence-electron chi connectivity index (χ3n) is 5.42. The molecule has 2 heteroatoms. The lowest BCUT2D eigenvalue weighted by Gasteiger charge is -2.25. The summed E-state index contributed by atoms with van der Waals surface area (Å²) in [6.07, 6.45) is 14.7. The molecule has 2 atom stereocenters. The van der Waals surface area contributed by atoms with Crippen molar-refractivity contribution in [2.24, 2.45) is 11.8 Å². The van der Waals surface area contributed by atoms with Crippen LogP contribution in [0, 0.1) is 11.8 Å². The molecule has 3 aliphatic carbocycles. The van der Waals surface area contributed by atoms with Gasteiger partial charge in [0.1, 0.15) is 0 Å². The molecule has 24 heavy (non-hydrogen) atoms. The van der Waals surface area contributed by atoms with Crippen LogP contribution >= 0.6 is 11.8 Å². The van der Waals surface area contributed by atoms with Gasteiger partial charge in [-0.05, 0) is 50.7 Å². The molecule has 0 radical (unpaired) electrons. The van der Waals surface area contributed by atoms with Crippen LogP contribution in [0.5, 0.6) is 0 Å². The lowest BCUT2D eigenvalue weighted by atomic mass is 9.79. The van der Waals surface area contributed by atoms with E-state index in [9.17, 15) is 4.79 Å². The first-order chi connectivity index (χ1) is 11.5. The van der Waals surface area contributed by atoms with Crippen molar-refractivity contribution in [3.63, 3.8) is 0 Å². The Kier molecular flexibility index (Phi) is 5.34. The van der Waals surface area contributed by atoms with Crippen molar-refractivity contribution in [1.29, 1.82) is 0 Å². The fraction of sp³-hybridized carbons (Fsp3) is 0.500. The highest BCUT2D eigenvalue weighted by Gasteiger charge is 2.30. The lowest BCUT2D eigenvalue weighted by molar-refractivity contribution is -0.108. The van der Waals surface area contributed by atoms with E-state index in [0.29, 0.717) is 17.1 Å². The first kappa shape index (κ1) is 17.5. The molecule has 1 saturated carbocycles. The maximum atomic E-state index is 12.8. The Morgan fingerprint density at radius 2 is 2.00 bits per heavy atom. The van der Waals surface area contributed by atoms with Gasteiger partial charge in [0.05, 0.1) is 0 Å². The SMILES string of the molecule is C=C(C)C1=C(C2C=C(C)C=CC2C)CC(C(=O)SC2CCCC2)=C1. The molecule has 128 valence electrons. The topological polar surface area (TPSA) is 17.1 Å². The molecule has 3 rings (SSSR count). The zero-order valence-electron chi connectivity index (χ0n) is 15.1. The van der Waals surface area contributed by atoms with Crippen LogP contribution in [-0.2, 0) is 4.79 Å². The average molecular weight is 341 g/mol. The van der Waals surface area contributed by atoms with Crippen LogP contribution in [0.4, 0.5) is 0 Å². The Hall–Kier alpha value is -1.28. The van der Waals surface area contributed by atoms with Gasteiger partial charge >= 0.3 is 0 Å². The van der Waals surface area contributed by atoms with Gasteiger partial charge in [-0.1, -0.05) is 73.1 Å². The molecule has 1 nitrogen and oxygen atoms in total. The number of carbonyl (C=O) groups excluding carboxylic acids is 1. The van der Waals surface area contributed by atoms with Crippen LogP contribution in [-0.4, -0.2) is 10.4 Å². The predicted molar refractivity (Wildman–Crippen MR) is 105 cm³/mol. The van der Waals surface area contributed by atoms with Gasteiger partial charge in [0.25, 0.3) is 0 Å². The van der Waals surface area contributed by atoms with E-state index in [0.717, 1.165) is 17.6 Å². The Morgan fingerprint density at radius 3 is 2.67 bits per heavy atom. The van der Waals surface area contributed by atoms with Crippen molar-refractivity contribution in [3.8, 4) is 0 Å². The highest BCUT2D eigenvalue weighted by atomic mass is 32.2. The average Bonchev–Trinajstić information content (AvgIpc) is 3.18. The second kappa shape index (κ2) is 7.31. The largest absolute Gasteiger partial charge is 0.282 e. The van der Waals surface area contributed by atoms with Gasteiger partial charge in [0, 0.05) is 16.7 Å². The standard InChI is InChI=1S/C22H28OS/c1-14(2)19-12-17(22(23)24-18-7-5-6-8-18)13-21(19)20-11-15(3)9-10-16(20)4/h9-12,16,18,20H,1,5-8,13H2,2-4H3. The van der Waals surface area contributed by atoms with Gasteiger partial charge in [-0.15, -0.1) is 0 Å². The summed E-state index contributed by atoms with van der Waals surface area (Å²) >= 11 is 1.58. The van der Waals surface area contributed by atoms with E-state index in [1.165, 1.54) is 42.4 Å². The van der Waals surface area contributed by atoms with Gasteiger partial charge in [-0.25, -0.2) is 0 Å². The van der Waals surface area contributed by atoms with Crippen molar-refractivity contribution < 1.29 is 4.79 Å². The van der Waals surface area contributed by atoms with Gasteiger partial charge in [0.2, 0.25) is 5.12 Å². The summed E-state index contributed by atoms with van der Waals surface area (Å²) in [7, 11) is 0. The second-order valence-corrected chi connectivity index (χ2v) is 8.81. The summed E-state index contributed by atoms with van der Waals surface area (Å²) in [6, 6.07) is 0. The summed E-state index contributed by atoms with van der Waals surface area (Å²) in [5.74, 6) is 0.864. The maximum absolute atomic E-state index is 12.8. The van der Waals surface area contributed by atoms with E-state index in [1.54, 1.807) is 11.8 Å². The van der Waals surface area contributed by atoms with Gasteiger partial charge in [-0.3, -0.25) is 4.79 Å². The molecule has 2 unspecified atom stereocenters. The number of hydrogen-bond donors (Lipinski definition) is 0. The van der Waals surface area contributed by atoms with Crippen LogP contribution < -0.4 is 0 Å². The summed E-state index contributed by atoms with van der Waals surface area (Å²) in [6.45, 7) is 10.6. The zero-order chi connectivity index (χ0) is 17.3. The minimum atomic E-state index is 0.287. The number of hydrogen-bond acceptors (Lipinski definition) is 2. The van der Waals surface area contributed by atoms with Gasteiger partial charge < -0.3 is 0 Å². The predicted octanol–water partition coefficient (Wildman–Crippen LogP) is 6.16. The van der Waals surface area contributed by atoms with Crippen LogP contribution in [0.15, 0.2) is 58.7 Å². The minimum absolute atomic E-state index is 0.287. The van der Waals surface area contributed by atoms with Crippen LogP contribution in [0.25, 0.3) is 0 Å². The molecule has 0 aromatic heterocycles. The van der Waals surface area contributed by atoms with Crippen molar-refractivity contribution in [1.82, 2.24) is 0 Å². The van der Waals surface area contributed by atoms with Gasteiger partial charge in [0.15, 0.2) is 0 Å². The lowest BCUT2D eigenvalue weighted by Crippen LogP contribution is -2.14. The smallest absolute Gasteiger partial charge is 0.215 e. The molecule has 0 aliphatic heterocycles. The molecule has 0 amide bonds. The fourth-order valence-electron chi connectivity index (χ4n) is 4.01. The fourth-order valence-corrected chi connectivity index (χ4v) is 5.16. The third kappa shape index (κ3) is 3.69. The highest BCUT2D eigenvalue weighted by Crippen LogP contribution is 2.42. The molecule has 0 aromatic rings. The molecule has 0 saturated heterocycles. The molecular formula is C22H28OS.